The molecule has 0 aromatic carbocycles. The van der Waals surface area contributed by atoms with Crippen molar-refractivity contribution >= 4 is 22.7 Å². The van der Waals surface area contributed by atoms with E-state index in [2.05, 4.69) is 16.8 Å². The fourth-order valence-electron chi connectivity index (χ4n) is 0.214. The molecule has 0 radical (unpaired) electrons. The largest absolute Gasteiger partial charge is 0.523 e. The fourth-order valence-corrected chi connectivity index (χ4v) is 0.865. The maximum Gasteiger partial charge on any atom is 0.523 e. The van der Waals surface area contributed by atoms with Crippen LogP contribution >= 0.6 is 12.6 Å². The zero-order chi connectivity index (χ0) is 9.12. The first-order chi connectivity index (χ1) is 4.81. The second kappa shape index (κ2) is 3.63. The van der Waals surface area contributed by atoms with Gasteiger partial charge in [-0.1, -0.05) is 0 Å². The average molecular weight is 210 g/mol. The standard InChI is InChI=1S/C3H5F3O3S2/c4-3(5,6)11(7,8)9-1-2-10/h10H,1-2H2. The van der Waals surface area contributed by atoms with E-state index in [-0.39, 0.29) is 5.75 Å². The Morgan fingerprint density at radius 3 is 2.09 bits per heavy atom. The molecule has 0 fully saturated rings. The van der Waals surface area contributed by atoms with Gasteiger partial charge in [-0.3, -0.25) is 4.18 Å². The molecule has 0 bridgehead atoms. The highest BCUT2D eigenvalue weighted by Crippen LogP contribution is 2.24. The van der Waals surface area contributed by atoms with Crippen molar-refractivity contribution in [1.29, 1.82) is 0 Å². The van der Waals surface area contributed by atoms with Crippen LogP contribution in [0.3, 0.4) is 0 Å². The lowest BCUT2D eigenvalue weighted by Crippen LogP contribution is -2.26. The minimum atomic E-state index is -5.41. The Labute approximate surface area is 67.1 Å². The van der Waals surface area contributed by atoms with Crippen LogP contribution in [0.5, 0.6) is 0 Å². The minimum Gasteiger partial charge on any atom is -0.262 e. The summed E-state index contributed by atoms with van der Waals surface area (Å²) in [6.45, 7) is -0.578. The summed E-state index contributed by atoms with van der Waals surface area (Å²) in [5.74, 6) is -0.0880. The Kier molecular flexibility index (Phi) is 3.65. The van der Waals surface area contributed by atoms with Crippen LogP contribution in [0, 0.1) is 0 Å². The lowest BCUT2D eigenvalue weighted by Gasteiger charge is -2.06. The summed E-state index contributed by atoms with van der Waals surface area (Å²) in [6.07, 6.45) is 0. The Morgan fingerprint density at radius 2 is 1.82 bits per heavy atom. The van der Waals surface area contributed by atoms with E-state index in [9.17, 15) is 21.6 Å². The van der Waals surface area contributed by atoms with Gasteiger partial charge in [-0.15, -0.1) is 0 Å². The molecule has 0 aliphatic rings. The van der Waals surface area contributed by atoms with Crippen molar-refractivity contribution in [3.05, 3.63) is 0 Å². The Hall–Kier alpha value is 0.0500. The lowest BCUT2D eigenvalue weighted by molar-refractivity contribution is -0.0538. The molecular formula is C3H5F3O3S2. The van der Waals surface area contributed by atoms with Crippen molar-refractivity contribution in [2.24, 2.45) is 0 Å². The summed E-state index contributed by atoms with van der Waals surface area (Å²) in [6, 6.07) is 0. The molecule has 0 aromatic rings. The highest BCUT2D eigenvalue weighted by Gasteiger charge is 2.47. The summed E-state index contributed by atoms with van der Waals surface area (Å²) in [7, 11) is -5.41. The van der Waals surface area contributed by atoms with E-state index in [4.69, 9.17) is 0 Å². The predicted molar refractivity (Wildman–Crippen MR) is 34.8 cm³/mol. The molecule has 0 N–H and O–H groups in total. The molecule has 8 heteroatoms. The molecule has 0 heterocycles. The molecule has 0 aliphatic carbocycles. The number of halogens is 3. The minimum absolute atomic E-state index is 0.0880. The molecule has 0 atom stereocenters. The monoisotopic (exact) mass is 210 g/mol. The molecule has 0 saturated heterocycles. The van der Waals surface area contributed by atoms with Gasteiger partial charge in [0.25, 0.3) is 0 Å². The number of hydrogen-bond donors (Lipinski definition) is 1. The van der Waals surface area contributed by atoms with Crippen molar-refractivity contribution in [1.82, 2.24) is 0 Å². The molecule has 0 unspecified atom stereocenters. The average Bonchev–Trinajstić information content (AvgIpc) is 1.81. The van der Waals surface area contributed by atoms with Crippen molar-refractivity contribution in [2.45, 2.75) is 5.51 Å². The topological polar surface area (TPSA) is 43.4 Å². The number of alkyl halides is 3. The third kappa shape index (κ3) is 3.30. The molecule has 0 aliphatic heterocycles. The first-order valence-corrected chi connectivity index (χ1v) is 4.42. The number of thiol groups is 1. The van der Waals surface area contributed by atoms with Gasteiger partial charge in [0.05, 0.1) is 6.61 Å². The SMILES string of the molecule is O=S(=O)(OCCS)C(F)(F)F. The second-order valence-corrected chi connectivity index (χ2v) is 3.50. The Morgan fingerprint density at radius 1 is 1.36 bits per heavy atom. The van der Waals surface area contributed by atoms with Crippen LogP contribution in [0.1, 0.15) is 0 Å². The van der Waals surface area contributed by atoms with Gasteiger partial charge in [-0.05, 0) is 0 Å². The van der Waals surface area contributed by atoms with E-state index >= 15 is 0 Å². The highest BCUT2D eigenvalue weighted by atomic mass is 32.2. The van der Waals surface area contributed by atoms with E-state index in [1.165, 1.54) is 0 Å². The second-order valence-electron chi connectivity index (χ2n) is 1.45. The highest BCUT2D eigenvalue weighted by molar-refractivity contribution is 7.87. The van der Waals surface area contributed by atoms with E-state index in [1.807, 2.05) is 0 Å². The quantitative estimate of drug-likeness (QED) is 0.425. The summed E-state index contributed by atoms with van der Waals surface area (Å²) >= 11 is 3.47. The smallest absolute Gasteiger partial charge is 0.262 e. The molecule has 0 amide bonds. The van der Waals surface area contributed by atoms with Crippen LogP contribution in [0.25, 0.3) is 0 Å². The van der Waals surface area contributed by atoms with Crippen LogP contribution < -0.4 is 0 Å². The molecule has 0 saturated carbocycles. The van der Waals surface area contributed by atoms with Gasteiger partial charge in [0.15, 0.2) is 0 Å². The van der Waals surface area contributed by atoms with Crippen molar-refractivity contribution in [3.8, 4) is 0 Å². The molecule has 68 valence electrons. The summed E-state index contributed by atoms with van der Waals surface area (Å²) in [4.78, 5) is 0. The van der Waals surface area contributed by atoms with Crippen LogP contribution in [0.15, 0.2) is 0 Å². The van der Waals surface area contributed by atoms with Gasteiger partial charge < -0.3 is 0 Å². The van der Waals surface area contributed by atoms with Crippen LogP contribution in [-0.2, 0) is 14.3 Å². The van der Waals surface area contributed by atoms with Crippen molar-refractivity contribution < 1.29 is 25.8 Å². The zero-order valence-corrected chi connectivity index (χ0v) is 6.84. The van der Waals surface area contributed by atoms with Gasteiger partial charge in [-0.25, -0.2) is 0 Å². The van der Waals surface area contributed by atoms with Crippen LogP contribution in [0.4, 0.5) is 13.2 Å². The summed E-state index contributed by atoms with van der Waals surface area (Å²) in [5, 5.41) is 0. The van der Waals surface area contributed by atoms with E-state index in [0.29, 0.717) is 0 Å². The van der Waals surface area contributed by atoms with E-state index < -0.39 is 22.2 Å². The Balaban J connectivity index is 4.26. The van der Waals surface area contributed by atoms with E-state index in [0.717, 1.165) is 0 Å². The molecule has 0 rings (SSSR count). The first kappa shape index (κ1) is 11.1. The molecule has 3 nitrogen and oxygen atoms in total. The maximum atomic E-state index is 11.4. The van der Waals surface area contributed by atoms with Gasteiger partial charge in [-0.2, -0.15) is 34.2 Å². The predicted octanol–water partition coefficient (Wildman–Crippen LogP) is 0.782. The van der Waals surface area contributed by atoms with E-state index in [1.54, 1.807) is 0 Å². The first-order valence-electron chi connectivity index (χ1n) is 2.38. The summed E-state index contributed by atoms with van der Waals surface area (Å²) < 4.78 is 57.8. The normalized spacial score (nSPS) is 13.5. The number of hydrogen-bond acceptors (Lipinski definition) is 4. The third-order valence-electron chi connectivity index (χ3n) is 0.613. The maximum absolute atomic E-state index is 11.4. The van der Waals surface area contributed by atoms with Gasteiger partial charge in [0.1, 0.15) is 0 Å². The van der Waals surface area contributed by atoms with Crippen LogP contribution in [0.2, 0.25) is 0 Å². The number of rotatable bonds is 3. The zero-order valence-electron chi connectivity index (χ0n) is 5.13. The molecular weight excluding hydrogens is 205 g/mol. The Bertz CT molecular complexity index is 206. The van der Waals surface area contributed by atoms with Crippen LogP contribution in [-0.4, -0.2) is 26.3 Å². The molecule has 0 spiro atoms. The molecule has 11 heavy (non-hydrogen) atoms. The van der Waals surface area contributed by atoms with Gasteiger partial charge in [0.2, 0.25) is 0 Å². The van der Waals surface area contributed by atoms with Gasteiger partial charge >= 0.3 is 15.6 Å². The van der Waals surface area contributed by atoms with Gasteiger partial charge in [0, 0.05) is 5.75 Å². The van der Waals surface area contributed by atoms with Crippen molar-refractivity contribution in [3.63, 3.8) is 0 Å². The third-order valence-corrected chi connectivity index (χ3v) is 1.84. The lowest BCUT2D eigenvalue weighted by atomic mass is 10.9. The van der Waals surface area contributed by atoms with Crippen molar-refractivity contribution in [2.75, 3.05) is 12.4 Å². The molecule has 0 aromatic heterocycles. The fraction of sp³-hybridized carbons (Fsp3) is 1.00. The summed E-state index contributed by atoms with van der Waals surface area (Å²) in [5.41, 5.74) is -5.34.